The number of nitrogens with zero attached hydrogens (tertiary/aromatic N) is 1. The summed E-state index contributed by atoms with van der Waals surface area (Å²) in [5, 5.41) is 2.76. The molecule has 0 saturated carbocycles. The summed E-state index contributed by atoms with van der Waals surface area (Å²) in [4.78, 5) is 15.2. The molecular formula is C10H15N3O. The first-order chi connectivity index (χ1) is 6.83. The van der Waals surface area contributed by atoms with Gasteiger partial charge in [0.1, 0.15) is 0 Å². The summed E-state index contributed by atoms with van der Waals surface area (Å²) in [5.41, 5.74) is 6.07. The Balaban J connectivity index is 2.27. The summed E-state index contributed by atoms with van der Waals surface area (Å²) in [6.45, 7) is 0.639. The summed E-state index contributed by atoms with van der Waals surface area (Å²) < 4.78 is 0. The topological polar surface area (TPSA) is 68.0 Å². The van der Waals surface area contributed by atoms with Crippen LogP contribution in [0.15, 0.2) is 24.5 Å². The molecule has 1 amide bonds. The SMILES string of the molecule is NCCCCC(=O)Nc1cccnc1. The second kappa shape index (κ2) is 6.10. The van der Waals surface area contributed by atoms with Crippen LogP contribution in [0.2, 0.25) is 0 Å². The lowest BCUT2D eigenvalue weighted by Gasteiger charge is -2.03. The van der Waals surface area contributed by atoms with Crippen molar-refractivity contribution >= 4 is 11.6 Å². The number of hydrogen-bond acceptors (Lipinski definition) is 3. The van der Waals surface area contributed by atoms with Crippen LogP contribution in [0.3, 0.4) is 0 Å². The summed E-state index contributed by atoms with van der Waals surface area (Å²) in [6, 6.07) is 3.60. The number of nitrogens with two attached hydrogens (primary N) is 1. The number of pyridine rings is 1. The highest BCUT2D eigenvalue weighted by Gasteiger charge is 2.00. The highest BCUT2D eigenvalue weighted by atomic mass is 16.1. The fourth-order valence-corrected chi connectivity index (χ4v) is 1.09. The molecule has 4 nitrogen and oxygen atoms in total. The van der Waals surface area contributed by atoms with E-state index in [0.717, 1.165) is 18.5 Å². The van der Waals surface area contributed by atoms with Gasteiger partial charge in [0.05, 0.1) is 11.9 Å². The number of aromatic nitrogens is 1. The number of carbonyl (C=O) groups excluding carboxylic acids is 1. The van der Waals surface area contributed by atoms with Crippen molar-refractivity contribution in [3.63, 3.8) is 0 Å². The van der Waals surface area contributed by atoms with Crippen molar-refractivity contribution in [1.29, 1.82) is 0 Å². The Hall–Kier alpha value is -1.42. The largest absolute Gasteiger partial charge is 0.330 e. The number of amides is 1. The van der Waals surface area contributed by atoms with Crippen molar-refractivity contribution in [2.75, 3.05) is 11.9 Å². The molecular weight excluding hydrogens is 178 g/mol. The standard InChI is InChI=1S/C10H15N3O/c11-6-2-1-5-10(14)13-9-4-3-7-12-8-9/h3-4,7-8H,1-2,5-6,11H2,(H,13,14). The minimum Gasteiger partial charge on any atom is -0.330 e. The number of anilines is 1. The predicted octanol–water partition coefficient (Wildman–Crippen LogP) is 1.15. The summed E-state index contributed by atoms with van der Waals surface area (Å²) in [5.74, 6) is 0.0199. The Morgan fingerprint density at radius 2 is 2.36 bits per heavy atom. The van der Waals surface area contributed by atoms with Crippen molar-refractivity contribution in [2.24, 2.45) is 5.73 Å². The van der Waals surface area contributed by atoms with Gasteiger partial charge in [-0.2, -0.15) is 0 Å². The lowest BCUT2D eigenvalue weighted by molar-refractivity contribution is -0.116. The van der Waals surface area contributed by atoms with Crippen LogP contribution in [-0.4, -0.2) is 17.4 Å². The Labute approximate surface area is 83.5 Å². The monoisotopic (exact) mass is 193 g/mol. The number of carbonyl (C=O) groups is 1. The molecule has 0 aromatic carbocycles. The van der Waals surface area contributed by atoms with Crippen molar-refractivity contribution < 1.29 is 4.79 Å². The first-order valence-corrected chi connectivity index (χ1v) is 4.73. The van der Waals surface area contributed by atoms with Gasteiger partial charge in [-0.15, -0.1) is 0 Å². The Morgan fingerprint density at radius 3 is 3.00 bits per heavy atom. The van der Waals surface area contributed by atoms with E-state index in [0.29, 0.717) is 13.0 Å². The normalized spacial score (nSPS) is 9.79. The zero-order valence-electron chi connectivity index (χ0n) is 8.07. The van der Waals surface area contributed by atoms with Crippen LogP contribution >= 0.6 is 0 Å². The van der Waals surface area contributed by atoms with Gasteiger partial charge < -0.3 is 11.1 Å². The average molecular weight is 193 g/mol. The minimum absolute atomic E-state index is 0.0199. The van der Waals surface area contributed by atoms with E-state index in [4.69, 9.17) is 5.73 Å². The van der Waals surface area contributed by atoms with E-state index in [9.17, 15) is 4.79 Å². The molecule has 0 saturated heterocycles. The lowest BCUT2D eigenvalue weighted by Crippen LogP contribution is -2.11. The van der Waals surface area contributed by atoms with E-state index >= 15 is 0 Å². The number of hydrogen-bond donors (Lipinski definition) is 2. The molecule has 0 aliphatic rings. The van der Waals surface area contributed by atoms with Crippen molar-refractivity contribution in [3.05, 3.63) is 24.5 Å². The van der Waals surface area contributed by atoms with Crippen LogP contribution in [-0.2, 0) is 4.79 Å². The van der Waals surface area contributed by atoms with E-state index in [1.807, 2.05) is 6.07 Å². The Bertz CT molecular complexity index is 274. The minimum atomic E-state index is 0.0199. The van der Waals surface area contributed by atoms with Gasteiger partial charge in [0.2, 0.25) is 5.91 Å². The maximum atomic E-state index is 11.3. The third-order valence-electron chi connectivity index (χ3n) is 1.80. The molecule has 0 spiro atoms. The van der Waals surface area contributed by atoms with Gasteiger partial charge in [0.15, 0.2) is 0 Å². The van der Waals surface area contributed by atoms with Crippen LogP contribution in [0.25, 0.3) is 0 Å². The molecule has 0 aliphatic carbocycles. The van der Waals surface area contributed by atoms with Gasteiger partial charge in [-0.1, -0.05) is 0 Å². The highest BCUT2D eigenvalue weighted by Crippen LogP contribution is 2.04. The molecule has 0 unspecified atom stereocenters. The third kappa shape index (κ3) is 4.00. The molecule has 4 heteroatoms. The third-order valence-corrected chi connectivity index (χ3v) is 1.80. The van der Waals surface area contributed by atoms with E-state index in [1.165, 1.54) is 0 Å². The van der Waals surface area contributed by atoms with Gasteiger partial charge in [0.25, 0.3) is 0 Å². The van der Waals surface area contributed by atoms with E-state index in [1.54, 1.807) is 18.5 Å². The fraction of sp³-hybridized carbons (Fsp3) is 0.400. The molecule has 1 aromatic heterocycles. The summed E-state index contributed by atoms with van der Waals surface area (Å²) in [6.07, 6.45) is 5.54. The first-order valence-electron chi connectivity index (χ1n) is 4.73. The lowest BCUT2D eigenvalue weighted by atomic mass is 10.2. The Morgan fingerprint density at radius 1 is 1.50 bits per heavy atom. The molecule has 76 valence electrons. The number of unbranched alkanes of at least 4 members (excludes halogenated alkanes) is 1. The smallest absolute Gasteiger partial charge is 0.224 e. The van der Waals surface area contributed by atoms with Gasteiger partial charge in [-0.25, -0.2) is 0 Å². The fourth-order valence-electron chi connectivity index (χ4n) is 1.09. The van der Waals surface area contributed by atoms with Gasteiger partial charge in [0, 0.05) is 12.6 Å². The van der Waals surface area contributed by atoms with E-state index in [2.05, 4.69) is 10.3 Å². The van der Waals surface area contributed by atoms with E-state index in [-0.39, 0.29) is 5.91 Å². The maximum Gasteiger partial charge on any atom is 0.224 e. The predicted molar refractivity (Wildman–Crippen MR) is 55.8 cm³/mol. The molecule has 1 aromatic rings. The molecule has 1 rings (SSSR count). The van der Waals surface area contributed by atoms with Crippen LogP contribution < -0.4 is 11.1 Å². The van der Waals surface area contributed by atoms with Crippen LogP contribution in [0.1, 0.15) is 19.3 Å². The number of rotatable bonds is 5. The second-order valence-electron chi connectivity index (χ2n) is 3.04. The van der Waals surface area contributed by atoms with Crippen LogP contribution in [0, 0.1) is 0 Å². The Kier molecular flexibility index (Phi) is 4.64. The maximum absolute atomic E-state index is 11.3. The van der Waals surface area contributed by atoms with Gasteiger partial charge in [-0.3, -0.25) is 9.78 Å². The zero-order chi connectivity index (χ0) is 10.2. The number of nitrogens with one attached hydrogen (secondary N) is 1. The zero-order valence-corrected chi connectivity index (χ0v) is 8.07. The van der Waals surface area contributed by atoms with Gasteiger partial charge >= 0.3 is 0 Å². The molecule has 0 atom stereocenters. The van der Waals surface area contributed by atoms with Crippen molar-refractivity contribution in [3.8, 4) is 0 Å². The highest BCUT2D eigenvalue weighted by molar-refractivity contribution is 5.90. The van der Waals surface area contributed by atoms with Crippen molar-refractivity contribution in [1.82, 2.24) is 4.98 Å². The molecule has 1 heterocycles. The van der Waals surface area contributed by atoms with Gasteiger partial charge in [-0.05, 0) is 31.5 Å². The van der Waals surface area contributed by atoms with Crippen LogP contribution in [0.4, 0.5) is 5.69 Å². The van der Waals surface area contributed by atoms with Crippen LogP contribution in [0.5, 0.6) is 0 Å². The quantitative estimate of drug-likeness (QED) is 0.689. The average Bonchev–Trinajstić information content (AvgIpc) is 2.20. The molecule has 0 fully saturated rings. The molecule has 3 N–H and O–H groups in total. The van der Waals surface area contributed by atoms with E-state index < -0.39 is 0 Å². The summed E-state index contributed by atoms with van der Waals surface area (Å²) in [7, 11) is 0. The second-order valence-corrected chi connectivity index (χ2v) is 3.04. The molecule has 14 heavy (non-hydrogen) atoms. The van der Waals surface area contributed by atoms with Crippen molar-refractivity contribution in [2.45, 2.75) is 19.3 Å². The molecule has 0 aliphatic heterocycles. The summed E-state index contributed by atoms with van der Waals surface area (Å²) >= 11 is 0. The molecule has 0 bridgehead atoms. The first kappa shape index (κ1) is 10.7. The molecule has 0 radical (unpaired) electrons.